The van der Waals surface area contributed by atoms with Gasteiger partial charge in [0.25, 0.3) is 0 Å². The average molecular weight is 487 g/mol. The van der Waals surface area contributed by atoms with E-state index in [9.17, 15) is 18.0 Å². The third-order valence-electron chi connectivity index (χ3n) is 4.44. The molecule has 30 heavy (non-hydrogen) atoms. The maximum Gasteiger partial charge on any atom is 0.202 e. The van der Waals surface area contributed by atoms with E-state index in [2.05, 4.69) is 41.2 Å². The van der Waals surface area contributed by atoms with Crippen LogP contribution in [0.2, 0.25) is 0 Å². The molecule has 1 aromatic carbocycles. The third kappa shape index (κ3) is 4.17. The summed E-state index contributed by atoms with van der Waals surface area (Å²) in [7, 11) is 18.7. The van der Waals surface area contributed by atoms with Gasteiger partial charge in [0.15, 0.2) is 11.5 Å². The quantitative estimate of drug-likeness (QED) is 0.238. The zero-order chi connectivity index (χ0) is 22.3. The minimum absolute atomic E-state index is 0.0209. The van der Waals surface area contributed by atoms with Crippen molar-refractivity contribution in [3.05, 3.63) is 34.2 Å². The Morgan fingerprint density at radius 1 is 1.27 bits per heavy atom. The first-order valence-electron chi connectivity index (χ1n) is 8.31. The fourth-order valence-corrected chi connectivity index (χ4v) is 4.88. The highest BCUT2D eigenvalue weighted by atomic mass is 79.9. The van der Waals surface area contributed by atoms with E-state index < -0.39 is 30.8 Å². The molecule has 0 spiro atoms. The topological polar surface area (TPSA) is 130 Å². The molecule has 0 amide bonds. The number of aromatic nitrogens is 2. The van der Waals surface area contributed by atoms with Gasteiger partial charge in [-0.3, -0.25) is 10.7 Å². The largest absolute Gasteiger partial charge is 0.363 e. The smallest absolute Gasteiger partial charge is 0.202 e. The Balaban J connectivity index is 1.89. The number of benzene rings is 1. The molecule has 16 heteroatoms. The van der Waals surface area contributed by atoms with Crippen molar-refractivity contribution in [1.82, 2.24) is 15.8 Å². The summed E-state index contributed by atoms with van der Waals surface area (Å²) in [6.45, 7) is 0. The Morgan fingerprint density at radius 3 is 2.47 bits per heavy atom. The predicted molar refractivity (Wildman–Crippen MR) is 114 cm³/mol. The Hall–Kier alpha value is -1.79. The highest BCUT2D eigenvalue weighted by molar-refractivity contribution is 9.10. The molecule has 9 nitrogen and oxygen atoms in total. The van der Waals surface area contributed by atoms with E-state index in [0.717, 1.165) is 0 Å². The van der Waals surface area contributed by atoms with Crippen molar-refractivity contribution in [2.45, 2.75) is 28.0 Å². The fraction of sp³-hybridized carbons (Fsp3) is 0.357. The molecule has 1 aromatic heterocycles. The van der Waals surface area contributed by atoms with E-state index in [-0.39, 0.29) is 40.3 Å². The number of hydroxylamine groups is 1. The third-order valence-corrected chi connectivity index (χ3v) is 7.38. The first kappa shape index (κ1) is 22.9. The van der Waals surface area contributed by atoms with Crippen LogP contribution in [0.4, 0.5) is 15.9 Å². The molecule has 1 saturated heterocycles. The molecule has 1 fully saturated rings. The molecule has 0 bridgehead atoms. The molecule has 8 radical (unpaired) electrons. The molecule has 2 heterocycles. The van der Waals surface area contributed by atoms with Crippen LogP contribution in [-0.4, -0.2) is 76.3 Å². The van der Waals surface area contributed by atoms with Crippen molar-refractivity contribution in [3.63, 3.8) is 0 Å². The van der Waals surface area contributed by atoms with Crippen molar-refractivity contribution in [2.75, 3.05) is 5.32 Å². The maximum absolute atomic E-state index is 13.4. The number of nitrogens with one attached hydrogen (secondary N) is 2. The number of anilines is 1. The van der Waals surface area contributed by atoms with Crippen molar-refractivity contribution >= 4 is 74.5 Å². The summed E-state index contributed by atoms with van der Waals surface area (Å²) < 4.78 is 38.5. The number of hydrogen-bond donors (Lipinski definition) is 3. The number of nitrogens with zero attached hydrogens (tertiary/aromatic N) is 3. The van der Waals surface area contributed by atoms with Crippen LogP contribution in [0, 0.1) is 5.82 Å². The summed E-state index contributed by atoms with van der Waals surface area (Å²) in [5.41, 5.74) is 2.06. The van der Waals surface area contributed by atoms with E-state index in [1.807, 2.05) is 5.48 Å². The van der Waals surface area contributed by atoms with Gasteiger partial charge in [-0.25, -0.2) is 22.4 Å². The van der Waals surface area contributed by atoms with Crippen LogP contribution in [0.1, 0.15) is 18.5 Å². The maximum atomic E-state index is 13.4. The molecule has 0 unspecified atom stereocenters. The van der Waals surface area contributed by atoms with Gasteiger partial charge in [0.1, 0.15) is 15.7 Å². The molecule has 3 rings (SSSR count). The molecule has 2 aromatic rings. The van der Waals surface area contributed by atoms with E-state index in [1.54, 1.807) is 0 Å². The van der Waals surface area contributed by atoms with Crippen molar-refractivity contribution in [3.8, 4) is 0 Å². The van der Waals surface area contributed by atoms with Gasteiger partial charge in [0, 0.05) is 6.04 Å². The zero-order valence-electron chi connectivity index (χ0n) is 15.2. The number of aliphatic imine (C=N–C) groups is 1. The number of amidine groups is 1. The van der Waals surface area contributed by atoms with E-state index in [0.29, 0.717) is 0 Å². The summed E-state index contributed by atoms with van der Waals surface area (Å²) >= 11 is 3.03. The lowest BCUT2D eigenvalue weighted by Crippen LogP contribution is -2.62. The van der Waals surface area contributed by atoms with E-state index in [4.69, 9.17) is 31.4 Å². The summed E-state index contributed by atoms with van der Waals surface area (Å²) in [5.74, 6) is -0.712. The molecule has 0 aliphatic carbocycles. The molecule has 1 aliphatic heterocycles. The van der Waals surface area contributed by atoms with Crippen LogP contribution in [0.5, 0.6) is 0 Å². The Morgan fingerprint density at radius 2 is 1.90 bits per heavy atom. The molecule has 0 saturated carbocycles. The van der Waals surface area contributed by atoms with Crippen molar-refractivity contribution in [1.29, 1.82) is 0 Å². The lowest BCUT2D eigenvalue weighted by atomic mass is 9.60. The molecule has 1 aliphatic rings. The average Bonchev–Trinajstić information content (AvgIpc) is 3.08. The SMILES string of the molecule is [B]C1([B])CC(Nc2nonc2C(=Nc2ccc(F)c(Br)c2)NO)CC([B])([B])S1(=O)=O. The predicted octanol–water partition coefficient (Wildman–Crippen LogP) is -0.00100. The molecule has 0 atom stereocenters. The van der Waals surface area contributed by atoms with Crippen LogP contribution in [-0.2, 0) is 9.84 Å². The van der Waals surface area contributed by atoms with E-state index in [1.165, 1.54) is 18.2 Å². The van der Waals surface area contributed by atoms with Gasteiger partial charge in [-0.15, -0.1) is 0 Å². The summed E-state index contributed by atoms with van der Waals surface area (Å²) in [6.07, 6.45) is -0.497. The van der Waals surface area contributed by atoms with Gasteiger partial charge in [-0.05, 0) is 66.4 Å². The number of hydrogen-bond acceptors (Lipinski definition) is 8. The number of rotatable bonds is 4. The van der Waals surface area contributed by atoms with E-state index >= 15 is 0 Å². The number of halogens is 2. The highest BCUT2D eigenvalue weighted by Gasteiger charge is 2.50. The van der Waals surface area contributed by atoms with Gasteiger partial charge in [0.05, 0.1) is 41.5 Å². The second kappa shape index (κ2) is 8.04. The number of sulfone groups is 1. The first-order valence-corrected chi connectivity index (χ1v) is 10.6. The minimum Gasteiger partial charge on any atom is -0.363 e. The Kier molecular flexibility index (Phi) is 6.13. The van der Waals surface area contributed by atoms with Crippen LogP contribution in [0.25, 0.3) is 0 Å². The van der Waals surface area contributed by atoms with Gasteiger partial charge >= 0.3 is 0 Å². The molecule has 3 N–H and O–H groups in total. The Bertz CT molecular complexity index is 1070. The van der Waals surface area contributed by atoms with Gasteiger partial charge in [-0.2, -0.15) is 0 Å². The highest BCUT2D eigenvalue weighted by Crippen LogP contribution is 2.36. The lowest BCUT2D eigenvalue weighted by molar-refractivity contribution is 0.234. The standard InChI is InChI=1S/C14H11B4BrFN5O4S/c15-13(16)4-7(5-14(17,18)30(13,27)28)22-12-10(24-29-25-12)11(23-26)21-6-1-2-9(20)8(19)3-6/h1-3,7,26H,4-5H2,(H,21,23)(H,22,25). The van der Waals surface area contributed by atoms with Gasteiger partial charge < -0.3 is 5.32 Å². The lowest BCUT2D eigenvalue weighted by Gasteiger charge is -2.46. The first-order chi connectivity index (χ1) is 13.9. The Labute approximate surface area is 185 Å². The van der Waals surface area contributed by atoms with Crippen LogP contribution < -0.4 is 10.8 Å². The van der Waals surface area contributed by atoms with Crippen molar-refractivity contribution in [2.24, 2.45) is 4.99 Å². The summed E-state index contributed by atoms with van der Waals surface area (Å²) in [4.78, 5) is 4.12. The summed E-state index contributed by atoms with van der Waals surface area (Å²) in [5, 5.41) is 19.7. The van der Waals surface area contributed by atoms with Crippen molar-refractivity contribution < 1.29 is 22.6 Å². The monoisotopic (exact) mass is 487 g/mol. The normalized spacial score (nSPS) is 20.6. The fourth-order valence-electron chi connectivity index (χ4n) is 2.96. The molecule has 148 valence electrons. The molecular weight excluding hydrogens is 476 g/mol. The second-order valence-corrected chi connectivity index (χ2v) is 10.2. The van der Waals surface area contributed by atoms with Crippen LogP contribution in [0.15, 0.2) is 32.3 Å². The van der Waals surface area contributed by atoms with Gasteiger partial charge in [0.2, 0.25) is 5.82 Å². The zero-order valence-corrected chi connectivity index (χ0v) is 17.6. The molecular formula is C14H11B4BrFN5O4S. The van der Waals surface area contributed by atoms with Gasteiger partial charge in [-0.1, -0.05) is 0 Å². The van der Waals surface area contributed by atoms with Crippen LogP contribution >= 0.6 is 15.9 Å². The van der Waals surface area contributed by atoms with Crippen LogP contribution in [0.3, 0.4) is 0 Å². The second-order valence-electron chi connectivity index (χ2n) is 6.79. The summed E-state index contributed by atoms with van der Waals surface area (Å²) in [6, 6.07) is 3.17. The minimum atomic E-state index is -4.23.